The highest BCUT2D eigenvalue weighted by Gasteiger charge is 2.34. The highest BCUT2D eigenvalue weighted by Crippen LogP contribution is 2.37. The van der Waals surface area contributed by atoms with Crippen LogP contribution in [0.4, 0.5) is 0 Å². The number of H-pyrrole nitrogens is 1. The Kier molecular flexibility index (Phi) is 3.69. The van der Waals surface area contributed by atoms with Crippen molar-refractivity contribution < 1.29 is 19.8 Å². The number of fused-ring (bicyclic) bond motifs is 3. The number of nitrogens with one attached hydrogen (secondary N) is 1. The van der Waals surface area contributed by atoms with E-state index in [1.807, 2.05) is 18.3 Å². The Morgan fingerprint density at radius 3 is 2.92 bits per heavy atom. The molecule has 0 saturated heterocycles. The number of carboxylic acid groups (broad SMARTS) is 1. The quantitative estimate of drug-likeness (QED) is 0.779. The number of aliphatic hydroxyl groups is 1. The lowest BCUT2D eigenvalue weighted by molar-refractivity contribution is -0.141. The summed E-state index contributed by atoms with van der Waals surface area (Å²) in [4.78, 5) is 28.8. The summed E-state index contributed by atoms with van der Waals surface area (Å²) in [5.74, 6) is -1.08. The van der Waals surface area contributed by atoms with Crippen LogP contribution in [0.2, 0.25) is 0 Å². The van der Waals surface area contributed by atoms with Gasteiger partial charge in [-0.2, -0.15) is 0 Å². The van der Waals surface area contributed by atoms with Gasteiger partial charge >= 0.3 is 5.97 Å². The molecule has 0 fully saturated rings. The number of benzene rings is 1. The summed E-state index contributed by atoms with van der Waals surface area (Å²) >= 11 is 0. The van der Waals surface area contributed by atoms with Crippen molar-refractivity contribution in [3.63, 3.8) is 0 Å². The van der Waals surface area contributed by atoms with E-state index in [1.54, 1.807) is 6.08 Å². The van der Waals surface area contributed by atoms with Gasteiger partial charge in [0.05, 0.1) is 5.70 Å². The molecule has 1 aliphatic carbocycles. The van der Waals surface area contributed by atoms with E-state index in [4.69, 9.17) is 0 Å². The summed E-state index contributed by atoms with van der Waals surface area (Å²) in [6.45, 7) is -0.474. The number of aliphatic hydroxyl groups excluding tert-OH is 1. The molecule has 2 aromatic rings. The van der Waals surface area contributed by atoms with E-state index in [0.29, 0.717) is 17.7 Å². The van der Waals surface area contributed by atoms with E-state index in [9.17, 15) is 19.8 Å². The van der Waals surface area contributed by atoms with E-state index in [-0.39, 0.29) is 5.78 Å². The Labute approximate surface area is 144 Å². The topological polar surface area (TPSA) is 93.6 Å². The van der Waals surface area contributed by atoms with E-state index >= 15 is 0 Å². The van der Waals surface area contributed by atoms with Crippen LogP contribution >= 0.6 is 0 Å². The van der Waals surface area contributed by atoms with Crippen LogP contribution in [0.1, 0.15) is 24.0 Å². The molecule has 0 spiro atoms. The molecular formula is C19H18N2O4. The molecule has 1 atom stereocenters. The molecule has 0 bridgehead atoms. The minimum absolute atomic E-state index is 0.0200. The van der Waals surface area contributed by atoms with Crippen molar-refractivity contribution in [2.24, 2.45) is 0 Å². The molecule has 4 rings (SSSR count). The van der Waals surface area contributed by atoms with E-state index in [2.05, 4.69) is 11.1 Å². The van der Waals surface area contributed by atoms with Crippen LogP contribution in [0.15, 0.2) is 42.1 Å². The highest BCUT2D eigenvalue weighted by molar-refractivity contribution is 6.07. The summed E-state index contributed by atoms with van der Waals surface area (Å²) in [5, 5.41) is 20.3. The number of aliphatic carboxylic acids is 1. The number of aryl methyl sites for hydroxylation is 1. The fourth-order valence-electron chi connectivity index (χ4n) is 3.71. The third-order valence-corrected chi connectivity index (χ3v) is 4.91. The number of Topliss-reactive ketones (excluding diaryl/α,β-unsaturated/α-hetero) is 1. The van der Waals surface area contributed by atoms with Gasteiger partial charge in [-0.3, -0.25) is 4.79 Å². The first-order valence-electron chi connectivity index (χ1n) is 8.26. The van der Waals surface area contributed by atoms with Crippen molar-refractivity contribution in [1.82, 2.24) is 9.88 Å². The summed E-state index contributed by atoms with van der Waals surface area (Å²) in [7, 11) is 0. The molecule has 0 amide bonds. The lowest BCUT2D eigenvalue weighted by Gasteiger charge is -2.35. The Morgan fingerprint density at radius 2 is 2.16 bits per heavy atom. The smallest absolute Gasteiger partial charge is 0.330 e. The molecule has 1 aliphatic heterocycles. The molecule has 0 saturated carbocycles. The van der Waals surface area contributed by atoms with Gasteiger partial charge in [-0.25, -0.2) is 4.79 Å². The molecule has 6 heteroatoms. The van der Waals surface area contributed by atoms with Crippen molar-refractivity contribution >= 4 is 28.4 Å². The maximum atomic E-state index is 12.6. The number of allylic oxidation sites excluding steroid dienone is 2. The molecule has 2 aliphatic rings. The average Bonchev–Trinajstić information content (AvgIpc) is 3.05. The summed E-state index contributed by atoms with van der Waals surface area (Å²) in [6.07, 6.45) is 6.79. The van der Waals surface area contributed by atoms with E-state index in [1.165, 1.54) is 11.0 Å². The van der Waals surface area contributed by atoms with Crippen LogP contribution < -0.4 is 0 Å². The summed E-state index contributed by atoms with van der Waals surface area (Å²) in [5.41, 5.74) is 3.86. The molecule has 0 radical (unpaired) electrons. The zero-order valence-corrected chi connectivity index (χ0v) is 13.5. The largest absolute Gasteiger partial charge is 0.479 e. The molecule has 1 aromatic carbocycles. The fraction of sp³-hybridized carbons (Fsp3) is 0.263. The average molecular weight is 338 g/mol. The second-order valence-corrected chi connectivity index (χ2v) is 6.37. The first-order chi connectivity index (χ1) is 12.1. The lowest BCUT2D eigenvalue weighted by Crippen LogP contribution is -2.42. The summed E-state index contributed by atoms with van der Waals surface area (Å²) in [6, 6.07) is 4.96. The molecule has 1 aromatic heterocycles. The second-order valence-electron chi connectivity index (χ2n) is 6.37. The standard InChI is InChI=1S/C19H18N2O4/c22-10-21-16(19(24)25)5-4-13-17(23)3-1-2-11-9-15-12(6-7-20-15)8-14(11)18(13)21/h4-9,16,20,22H,1-3,10H2,(H,24,25). The highest BCUT2D eigenvalue weighted by atomic mass is 16.4. The first kappa shape index (κ1) is 15.7. The van der Waals surface area contributed by atoms with Crippen LogP contribution in [-0.4, -0.2) is 44.6 Å². The van der Waals surface area contributed by atoms with Gasteiger partial charge < -0.3 is 20.1 Å². The SMILES string of the molecule is O=C1CCCc2cc3[nH]ccc3cc2C2=C1C=CC(C(=O)O)N2CO. The van der Waals surface area contributed by atoms with Gasteiger partial charge in [-0.05, 0) is 36.6 Å². The van der Waals surface area contributed by atoms with Crippen molar-refractivity contribution in [1.29, 1.82) is 0 Å². The van der Waals surface area contributed by atoms with E-state index in [0.717, 1.165) is 34.9 Å². The minimum Gasteiger partial charge on any atom is -0.479 e. The third-order valence-electron chi connectivity index (χ3n) is 4.91. The number of carboxylic acids is 1. The van der Waals surface area contributed by atoms with Gasteiger partial charge in [0.2, 0.25) is 0 Å². The maximum Gasteiger partial charge on any atom is 0.330 e. The first-order valence-corrected chi connectivity index (χ1v) is 8.26. The molecule has 2 heterocycles. The monoisotopic (exact) mass is 338 g/mol. The summed E-state index contributed by atoms with van der Waals surface area (Å²) < 4.78 is 0. The zero-order chi connectivity index (χ0) is 17.6. The van der Waals surface area contributed by atoms with Crippen LogP contribution in [0.3, 0.4) is 0 Å². The number of aromatic amines is 1. The minimum atomic E-state index is -1.06. The van der Waals surface area contributed by atoms with Gasteiger partial charge in [-0.15, -0.1) is 0 Å². The molecule has 6 nitrogen and oxygen atoms in total. The van der Waals surface area contributed by atoms with Gasteiger partial charge in [0, 0.05) is 34.7 Å². The van der Waals surface area contributed by atoms with Crippen LogP contribution in [0.25, 0.3) is 16.6 Å². The second kappa shape index (κ2) is 5.89. The Balaban J connectivity index is 2.00. The van der Waals surface area contributed by atoms with Crippen molar-refractivity contribution in [3.8, 4) is 0 Å². The van der Waals surface area contributed by atoms with Crippen molar-refractivity contribution in [2.75, 3.05) is 6.73 Å². The molecule has 3 N–H and O–H groups in total. The molecule has 25 heavy (non-hydrogen) atoms. The Bertz CT molecular complexity index is 938. The number of hydrogen-bond acceptors (Lipinski definition) is 4. The van der Waals surface area contributed by atoms with Crippen molar-refractivity contribution in [3.05, 3.63) is 53.2 Å². The number of rotatable bonds is 2. The van der Waals surface area contributed by atoms with Crippen LogP contribution in [-0.2, 0) is 16.0 Å². The third kappa shape index (κ3) is 2.46. The Hall–Kier alpha value is -2.86. The maximum absolute atomic E-state index is 12.6. The van der Waals surface area contributed by atoms with Gasteiger partial charge in [-0.1, -0.05) is 12.2 Å². The number of ketones is 1. The number of carbonyl (C=O) groups excluding carboxylic acids is 1. The number of hydrogen-bond donors (Lipinski definition) is 3. The van der Waals surface area contributed by atoms with Crippen LogP contribution in [0.5, 0.6) is 0 Å². The van der Waals surface area contributed by atoms with E-state index < -0.39 is 18.7 Å². The number of aromatic nitrogens is 1. The van der Waals surface area contributed by atoms with Gasteiger partial charge in [0.1, 0.15) is 12.8 Å². The number of nitrogens with zero attached hydrogens (tertiary/aromatic N) is 1. The fourth-order valence-corrected chi connectivity index (χ4v) is 3.71. The predicted octanol–water partition coefficient (Wildman–Crippen LogP) is 2.06. The van der Waals surface area contributed by atoms with Gasteiger partial charge in [0.15, 0.2) is 5.78 Å². The Morgan fingerprint density at radius 1 is 1.32 bits per heavy atom. The molecule has 1 unspecified atom stereocenters. The van der Waals surface area contributed by atoms with Crippen molar-refractivity contribution in [2.45, 2.75) is 25.3 Å². The molecular weight excluding hydrogens is 320 g/mol. The molecule has 128 valence electrons. The number of carbonyl (C=O) groups is 2. The lowest BCUT2D eigenvalue weighted by atomic mass is 9.87. The predicted molar refractivity (Wildman–Crippen MR) is 92.7 cm³/mol. The van der Waals surface area contributed by atoms with Crippen LogP contribution in [0, 0.1) is 0 Å². The van der Waals surface area contributed by atoms with Gasteiger partial charge in [0.25, 0.3) is 0 Å². The zero-order valence-electron chi connectivity index (χ0n) is 13.5. The normalized spacial score (nSPS) is 20.3.